The molecule has 0 fully saturated rings. The topological polar surface area (TPSA) is 73.8 Å². The van der Waals surface area contributed by atoms with Gasteiger partial charge in [0.15, 0.2) is 5.78 Å². The minimum Gasteiger partial charge on any atom is -0.325 e. The average molecular weight is 257 g/mol. The van der Waals surface area contributed by atoms with Crippen LogP contribution in [0.25, 0.3) is 0 Å². The maximum atomic E-state index is 11.8. The predicted molar refractivity (Wildman–Crippen MR) is 61.6 cm³/mol. The van der Waals surface area contributed by atoms with Gasteiger partial charge in [-0.1, -0.05) is 16.8 Å². The van der Waals surface area contributed by atoms with Crippen molar-refractivity contribution in [1.82, 2.24) is 15.0 Å². The number of ketones is 1. The zero-order valence-electron chi connectivity index (χ0n) is 8.26. The van der Waals surface area contributed by atoms with E-state index in [0.29, 0.717) is 21.5 Å². The van der Waals surface area contributed by atoms with Crippen LogP contribution in [0.5, 0.6) is 0 Å². The van der Waals surface area contributed by atoms with E-state index in [-0.39, 0.29) is 12.3 Å². The molecule has 7 heteroatoms. The van der Waals surface area contributed by atoms with Crippen LogP contribution in [0, 0.1) is 0 Å². The lowest BCUT2D eigenvalue weighted by atomic mass is 10.3. The smallest absolute Gasteiger partial charge is 0.194 e. The van der Waals surface area contributed by atoms with Gasteiger partial charge >= 0.3 is 0 Å². The van der Waals surface area contributed by atoms with E-state index in [1.54, 1.807) is 18.3 Å². The van der Waals surface area contributed by atoms with Crippen LogP contribution in [0.3, 0.4) is 0 Å². The third-order valence-electron chi connectivity index (χ3n) is 1.95. The number of rotatable bonds is 4. The first kappa shape index (κ1) is 11.3. The summed E-state index contributed by atoms with van der Waals surface area (Å²) < 4.78 is 2.07. The van der Waals surface area contributed by atoms with Gasteiger partial charge in [0.25, 0.3) is 0 Å². The van der Waals surface area contributed by atoms with Gasteiger partial charge in [-0.3, -0.25) is 4.79 Å². The fraction of sp³-hybridized carbons (Fsp3) is 0.222. The second-order valence-electron chi connectivity index (χ2n) is 3.14. The third kappa shape index (κ3) is 2.46. The van der Waals surface area contributed by atoms with Crippen LogP contribution in [-0.2, 0) is 13.1 Å². The normalized spacial score (nSPS) is 10.6. The van der Waals surface area contributed by atoms with Crippen molar-refractivity contribution in [3.63, 3.8) is 0 Å². The van der Waals surface area contributed by atoms with Gasteiger partial charge < -0.3 is 5.73 Å². The largest absolute Gasteiger partial charge is 0.325 e. The highest BCUT2D eigenvalue weighted by molar-refractivity contribution is 7.18. The number of halogens is 1. The van der Waals surface area contributed by atoms with E-state index < -0.39 is 0 Å². The van der Waals surface area contributed by atoms with Crippen LogP contribution in [-0.4, -0.2) is 20.8 Å². The van der Waals surface area contributed by atoms with E-state index in [1.807, 2.05) is 0 Å². The minimum atomic E-state index is -0.0367. The zero-order valence-corrected chi connectivity index (χ0v) is 9.83. The number of Topliss-reactive ketones (excluding diaryl/α,β-unsaturated/α-hetero) is 1. The summed E-state index contributed by atoms with van der Waals surface area (Å²) in [6.07, 6.45) is 1.66. The van der Waals surface area contributed by atoms with Crippen LogP contribution in [0.15, 0.2) is 18.3 Å². The predicted octanol–water partition coefficient (Wildman–Crippen LogP) is 1.33. The molecule has 2 rings (SSSR count). The molecular formula is C9H9ClN4OS. The molecule has 2 aromatic heterocycles. The van der Waals surface area contributed by atoms with Crippen molar-refractivity contribution in [2.45, 2.75) is 13.1 Å². The summed E-state index contributed by atoms with van der Waals surface area (Å²) >= 11 is 7.01. The van der Waals surface area contributed by atoms with E-state index in [9.17, 15) is 4.79 Å². The summed E-state index contributed by atoms with van der Waals surface area (Å²) in [5.74, 6) is -0.0367. The van der Waals surface area contributed by atoms with Gasteiger partial charge in [-0.05, 0) is 12.1 Å². The molecular weight excluding hydrogens is 248 g/mol. The zero-order chi connectivity index (χ0) is 11.5. The van der Waals surface area contributed by atoms with E-state index in [4.69, 9.17) is 17.3 Å². The number of carbonyl (C=O) groups excluding carboxylic acids is 1. The van der Waals surface area contributed by atoms with E-state index in [2.05, 4.69) is 10.3 Å². The monoisotopic (exact) mass is 256 g/mol. The maximum absolute atomic E-state index is 11.8. The second-order valence-corrected chi connectivity index (χ2v) is 4.85. The average Bonchev–Trinajstić information content (AvgIpc) is 2.87. The molecule has 0 aromatic carbocycles. The number of hydrogen-bond donors (Lipinski definition) is 1. The van der Waals surface area contributed by atoms with Crippen LogP contribution in [0.1, 0.15) is 15.4 Å². The van der Waals surface area contributed by atoms with Gasteiger partial charge in [-0.15, -0.1) is 16.4 Å². The molecule has 2 aromatic rings. The summed E-state index contributed by atoms with van der Waals surface area (Å²) in [6, 6.07) is 3.40. The summed E-state index contributed by atoms with van der Waals surface area (Å²) in [5.41, 5.74) is 6.06. The molecule has 0 atom stereocenters. The highest BCUT2D eigenvalue weighted by atomic mass is 35.5. The quantitative estimate of drug-likeness (QED) is 0.838. The fourth-order valence-electron chi connectivity index (χ4n) is 1.20. The van der Waals surface area contributed by atoms with Gasteiger partial charge in [-0.25, -0.2) is 4.68 Å². The Hall–Kier alpha value is -1.24. The number of aromatic nitrogens is 3. The van der Waals surface area contributed by atoms with Gasteiger partial charge in [0, 0.05) is 6.54 Å². The molecule has 0 amide bonds. The lowest BCUT2D eigenvalue weighted by molar-refractivity contribution is 0.0971. The number of nitrogens with two attached hydrogens (primary N) is 1. The number of thiophene rings is 1. The van der Waals surface area contributed by atoms with Crippen LogP contribution >= 0.6 is 22.9 Å². The molecule has 0 spiro atoms. The Morgan fingerprint density at radius 1 is 1.56 bits per heavy atom. The molecule has 0 radical (unpaired) electrons. The SMILES string of the molecule is NCc1cn(CC(=O)c2ccc(Cl)s2)nn1. The van der Waals surface area contributed by atoms with Crippen LogP contribution in [0.2, 0.25) is 4.34 Å². The van der Waals surface area contributed by atoms with E-state index in [1.165, 1.54) is 16.0 Å². The Balaban J connectivity index is 2.07. The third-order valence-corrected chi connectivity index (χ3v) is 3.22. The fourth-order valence-corrected chi connectivity index (χ4v) is 2.17. The molecule has 0 bridgehead atoms. The Kier molecular flexibility index (Phi) is 3.33. The summed E-state index contributed by atoms with van der Waals surface area (Å²) in [7, 11) is 0. The maximum Gasteiger partial charge on any atom is 0.194 e. The van der Waals surface area contributed by atoms with Crippen molar-refractivity contribution in [2.75, 3.05) is 0 Å². The lowest BCUT2D eigenvalue weighted by Gasteiger charge is -1.96. The Labute approximate surface area is 101 Å². The molecule has 84 valence electrons. The molecule has 0 aliphatic rings. The molecule has 2 heterocycles. The standard InChI is InChI=1S/C9H9ClN4OS/c10-9-2-1-8(16-9)7(15)5-14-4-6(3-11)12-13-14/h1-2,4H,3,5,11H2. The van der Waals surface area contributed by atoms with Crippen LogP contribution < -0.4 is 5.73 Å². The van der Waals surface area contributed by atoms with Gasteiger partial charge in [0.2, 0.25) is 0 Å². The summed E-state index contributed by atoms with van der Waals surface area (Å²) in [4.78, 5) is 12.4. The van der Waals surface area contributed by atoms with Gasteiger partial charge in [-0.2, -0.15) is 0 Å². The first-order chi connectivity index (χ1) is 7.69. The molecule has 0 unspecified atom stereocenters. The van der Waals surface area contributed by atoms with Crippen molar-refractivity contribution in [1.29, 1.82) is 0 Å². The summed E-state index contributed by atoms with van der Waals surface area (Å²) in [6.45, 7) is 0.475. The van der Waals surface area contributed by atoms with Crippen molar-refractivity contribution in [2.24, 2.45) is 5.73 Å². The van der Waals surface area contributed by atoms with E-state index in [0.717, 1.165) is 0 Å². The Morgan fingerprint density at radius 3 is 2.94 bits per heavy atom. The van der Waals surface area contributed by atoms with Crippen molar-refractivity contribution in [3.05, 3.63) is 33.2 Å². The highest BCUT2D eigenvalue weighted by Crippen LogP contribution is 2.21. The van der Waals surface area contributed by atoms with Gasteiger partial charge in [0.05, 0.1) is 21.1 Å². The molecule has 0 aliphatic heterocycles. The Bertz CT molecular complexity index is 507. The van der Waals surface area contributed by atoms with Crippen LogP contribution in [0.4, 0.5) is 0 Å². The highest BCUT2D eigenvalue weighted by Gasteiger charge is 2.10. The van der Waals surface area contributed by atoms with Crippen molar-refractivity contribution in [3.8, 4) is 0 Å². The number of hydrogen-bond acceptors (Lipinski definition) is 5. The molecule has 0 saturated carbocycles. The first-order valence-corrected chi connectivity index (χ1v) is 5.76. The molecule has 5 nitrogen and oxygen atoms in total. The van der Waals surface area contributed by atoms with Crippen molar-refractivity contribution < 1.29 is 4.79 Å². The minimum absolute atomic E-state index is 0.0367. The molecule has 16 heavy (non-hydrogen) atoms. The number of nitrogens with zero attached hydrogens (tertiary/aromatic N) is 3. The molecule has 0 saturated heterocycles. The van der Waals surface area contributed by atoms with E-state index >= 15 is 0 Å². The molecule has 0 aliphatic carbocycles. The Morgan fingerprint density at radius 2 is 2.38 bits per heavy atom. The first-order valence-electron chi connectivity index (χ1n) is 4.56. The number of carbonyl (C=O) groups is 1. The molecule has 2 N–H and O–H groups in total. The lowest BCUT2D eigenvalue weighted by Crippen LogP contribution is -2.09. The second kappa shape index (κ2) is 4.73. The summed E-state index contributed by atoms with van der Waals surface area (Å²) in [5, 5.41) is 7.60. The van der Waals surface area contributed by atoms with Crippen molar-refractivity contribution >= 4 is 28.7 Å². The van der Waals surface area contributed by atoms with Gasteiger partial charge in [0.1, 0.15) is 6.54 Å².